The Balaban J connectivity index is 3.34. The van der Waals surface area contributed by atoms with Gasteiger partial charge in [-0.1, -0.05) is 373 Å². The van der Waals surface area contributed by atoms with Gasteiger partial charge in [-0.05, 0) is 32.1 Å². The Kier molecular flexibility index (Phi) is 65.9. The Bertz CT molecular complexity index is 1160. The van der Waals surface area contributed by atoms with Crippen molar-refractivity contribution in [2.24, 2.45) is 0 Å². The number of amides is 1. The molecule has 0 fully saturated rings. The maximum Gasteiger partial charge on any atom is 0.305 e. The molecule has 1 amide bonds. The quantitative estimate of drug-likeness (QED) is 0.0320. The minimum Gasteiger partial charge on any atom is -0.466 e. The van der Waals surface area contributed by atoms with E-state index in [9.17, 15) is 19.8 Å². The fourth-order valence-electron chi connectivity index (χ4n) is 11.4. The van der Waals surface area contributed by atoms with E-state index in [1.165, 1.54) is 340 Å². The van der Waals surface area contributed by atoms with E-state index in [0.717, 1.165) is 38.5 Å². The van der Waals surface area contributed by atoms with Gasteiger partial charge in [-0.25, -0.2) is 0 Å². The molecule has 458 valence electrons. The zero-order chi connectivity index (χ0) is 55.7. The highest BCUT2D eigenvalue weighted by molar-refractivity contribution is 5.76. The third-order valence-electron chi connectivity index (χ3n) is 16.8. The van der Waals surface area contributed by atoms with E-state index in [1.54, 1.807) is 6.08 Å². The number of esters is 1. The number of hydrogen-bond donors (Lipinski definition) is 3. The van der Waals surface area contributed by atoms with Gasteiger partial charge in [0.05, 0.1) is 25.4 Å². The monoisotopic (exact) mass is 1090 g/mol. The number of rotatable bonds is 67. The summed E-state index contributed by atoms with van der Waals surface area (Å²) in [5.41, 5.74) is 0. The molecule has 0 rings (SSSR count). The van der Waals surface area contributed by atoms with Crippen molar-refractivity contribution in [3.8, 4) is 0 Å². The van der Waals surface area contributed by atoms with Crippen molar-refractivity contribution >= 4 is 11.9 Å². The highest BCUT2D eigenvalue weighted by atomic mass is 16.5. The molecule has 3 N–H and O–H groups in total. The molecule has 77 heavy (non-hydrogen) atoms. The first-order chi connectivity index (χ1) is 38.0. The average molecular weight is 1090 g/mol. The van der Waals surface area contributed by atoms with Crippen LogP contribution in [0, 0.1) is 0 Å². The van der Waals surface area contributed by atoms with Crippen molar-refractivity contribution in [3.63, 3.8) is 0 Å². The molecule has 0 aromatic heterocycles. The number of hydrogen-bond acceptors (Lipinski definition) is 5. The molecule has 2 unspecified atom stereocenters. The van der Waals surface area contributed by atoms with Crippen LogP contribution in [0.4, 0.5) is 0 Å². The van der Waals surface area contributed by atoms with Gasteiger partial charge >= 0.3 is 5.97 Å². The normalized spacial score (nSPS) is 12.5. The Hall–Kier alpha value is -1.40. The average Bonchev–Trinajstić information content (AvgIpc) is 3.43. The second-order valence-corrected chi connectivity index (χ2v) is 24.6. The number of ether oxygens (including phenoxy) is 1. The highest BCUT2D eigenvalue weighted by Crippen LogP contribution is 2.19. The van der Waals surface area contributed by atoms with E-state index in [-0.39, 0.29) is 18.5 Å². The van der Waals surface area contributed by atoms with Crippen molar-refractivity contribution < 1.29 is 24.5 Å². The zero-order valence-corrected chi connectivity index (χ0v) is 52.5. The Morgan fingerprint density at radius 1 is 0.351 bits per heavy atom. The SMILES string of the molecule is CCCCCCCCCCCCCCCC/C=C/C(O)C(CO)NC(=O)CCCCCCCCCCCCCCCCCCCCCCCCCCCCCCOC(=O)CCCCCCCCCCCCCCCCCC. The lowest BCUT2D eigenvalue weighted by Crippen LogP contribution is -2.45. The summed E-state index contributed by atoms with van der Waals surface area (Å²) in [6.07, 6.45) is 82.9. The third-order valence-corrected chi connectivity index (χ3v) is 16.8. The summed E-state index contributed by atoms with van der Waals surface area (Å²) in [6.45, 7) is 4.95. The third kappa shape index (κ3) is 63.6. The van der Waals surface area contributed by atoms with Gasteiger partial charge in [-0.15, -0.1) is 0 Å². The number of carbonyl (C=O) groups excluding carboxylic acids is 2. The summed E-state index contributed by atoms with van der Waals surface area (Å²) in [7, 11) is 0. The fraction of sp³-hybridized carbons (Fsp3) is 0.944. The summed E-state index contributed by atoms with van der Waals surface area (Å²) >= 11 is 0. The summed E-state index contributed by atoms with van der Waals surface area (Å²) < 4.78 is 5.51. The Labute approximate surface area is 482 Å². The molecule has 0 saturated carbocycles. The second kappa shape index (κ2) is 67.1. The molecule has 0 aromatic rings. The summed E-state index contributed by atoms with van der Waals surface area (Å²) in [4.78, 5) is 24.6. The molecule has 0 aliphatic rings. The number of aliphatic hydroxyl groups is 2. The first-order valence-corrected chi connectivity index (χ1v) is 35.5. The first-order valence-electron chi connectivity index (χ1n) is 35.5. The minimum atomic E-state index is -0.841. The number of aliphatic hydroxyl groups excluding tert-OH is 2. The van der Waals surface area contributed by atoms with Gasteiger partial charge in [-0.2, -0.15) is 0 Å². The van der Waals surface area contributed by atoms with Crippen molar-refractivity contribution in [2.75, 3.05) is 13.2 Å². The van der Waals surface area contributed by atoms with Crippen LogP contribution in [0.3, 0.4) is 0 Å². The highest BCUT2D eigenvalue weighted by Gasteiger charge is 2.18. The molecule has 0 bridgehead atoms. The first kappa shape index (κ1) is 75.6. The fourth-order valence-corrected chi connectivity index (χ4v) is 11.4. The molecular formula is C71H139NO5. The van der Waals surface area contributed by atoms with Crippen LogP contribution in [-0.4, -0.2) is 47.4 Å². The molecule has 0 heterocycles. The van der Waals surface area contributed by atoms with E-state index >= 15 is 0 Å². The maximum atomic E-state index is 12.5. The largest absolute Gasteiger partial charge is 0.466 e. The van der Waals surface area contributed by atoms with Crippen LogP contribution in [0.2, 0.25) is 0 Å². The Morgan fingerprint density at radius 2 is 0.597 bits per heavy atom. The number of unbranched alkanes of at least 4 members (excludes halogenated alkanes) is 56. The van der Waals surface area contributed by atoms with E-state index in [1.807, 2.05) is 6.08 Å². The molecule has 6 heteroatoms. The standard InChI is InChI=1S/C71H139NO5/c1-3-5-7-9-11-13-15-17-19-35-39-43-47-51-55-59-63-69(74)68(67-73)72-70(75)64-60-56-52-48-44-40-36-33-31-29-27-25-23-21-22-24-26-28-30-32-34-38-42-46-50-54-58-62-66-77-71(76)65-61-57-53-49-45-41-37-20-18-16-14-12-10-8-6-4-2/h59,63,68-69,73-74H,3-58,60-62,64-67H2,1-2H3,(H,72,75)/b63-59+. The number of allylic oxidation sites excluding steroid dienone is 1. The summed E-state index contributed by atoms with van der Waals surface area (Å²) in [5.74, 6) is -0.0386. The van der Waals surface area contributed by atoms with Crippen LogP contribution >= 0.6 is 0 Å². The zero-order valence-electron chi connectivity index (χ0n) is 52.5. The van der Waals surface area contributed by atoms with E-state index in [2.05, 4.69) is 19.2 Å². The molecule has 6 nitrogen and oxygen atoms in total. The van der Waals surface area contributed by atoms with Crippen LogP contribution in [-0.2, 0) is 14.3 Å². The molecule has 0 aliphatic heterocycles. The predicted octanol–water partition coefficient (Wildman–Crippen LogP) is 22.8. The van der Waals surface area contributed by atoms with Gasteiger partial charge in [0, 0.05) is 12.8 Å². The predicted molar refractivity (Wildman–Crippen MR) is 338 cm³/mol. The van der Waals surface area contributed by atoms with Gasteiger partial charge in [0.15, 0.2) is 0 Å². The Morgan fingerprint density at radius 3 is 0.883 bits per heavy atom. The topological polar surface area (TPSA) is 95.9 Å². The lowest BCUT2D eigenvalue weighted by molar-refractivity contribution is -0.143. The molecule has 0 aromatic carbocycles. The van der Waals surface area contributed by atoms with E-state index < -0.39 is 12.1 Å². The molecule has 0 saturated heterocycles. The lowest BCUT2D eigenvalue weighted by Gasteiger charge is -2.20. The lowest BCUT2D eigenvalue weighted by atomic mass is 10.0. The van der Waals surface area contributed by atoms with Crippen molar-refractivity contribution in [1.82, 2.24) is 5.32 Å². The molecule has 0 radical (unpaired) electrons. The van der Waals surface area contributed by atoms with Crippen LogP contribution in [0.5, 0.6) is 0 Å². The minimum absolute atomic E-state index is 0.0229. The number of nitrogens with one attached hydrogen (secondary N) is 1. The van der Waals surface area contributed by atoms with Crippen molar-refractivity contribution in [3.05, 3.63) is 12.2 Å². The van der Waals surface area contributed by atoms with E-state index in [0.29, 0.717) is 19.4 Å². The van der Waals surface area contributed by atoms with Crippen LogP contribution < -0.4 is 5.32 Å². The maximum absolute atomic E-state index is 12.5. The van der Waals surface area contributed by atoms with E-state index in [4.69, 9.17) is 4.74 Å². The smallest absolute Gasteiger partial charge is 0.305 e. The molecule has 0 spiro atoms. The molecular weight excluding hydrogens is 947 g/mol. The molecule has 2 atom stereocenters. The van der Waals surface area contributed by atoms with Crippen molar-refractivity contribution in [2.45, 2.75) is 418 Å². The summed E-state index contributed by atoms with van der Waals surface area (Å²) in [5, 5.41) is 23.2. The van der Waals surface area contributed by atoms with Crippen molar-refractivity contribution in [1.29, 1.82) is 0 Å². The second-order valence-electron chi connectivity index (χ2n) is 24.6. The van der Waals surface area contributed by atoms with Gasteiger partial charge in [-0.3, -0.25) is 9.59 Å². The summed E-state index contributed by atoms with van der Waals surface area (Å²) in [6, 6.07) is -0.625. The van der Waals surface area contributed by atoms with Gasteiger partial charge in [0.1, 0.15) is 0 Å². The molecule has 0 aliphatic carbocycles. The van der Waals surface area contributed by atoms with Gasteiger partial charge < -0.3 is 20.3 Å². The van der Waals surface area contributed by atoms with Gasteiger partial charge in [0.25, 0.3) is 0 Å². The van der Waals surface area contributed by atoms with Crippen LogP contribution in [0.25, 0.3) is 0 Å². The van der Waals surface area contributed by atoms with Crippen LogP contribution in [0.1, 0.15) is 406 Å². The van der Waals surface area contributed by atoms with Crippen LogP contribution in [0.15, 0.2) is 12.2 Å². The van der Waals surface area contributed by atoms with Gasteiger partial charge in [0.2, 0.25) is 5.91 Å². The number of carbonyl (C=O) groups is 2.